The van der Waals surface area contributed by atoms with Gasteiger partial charge in [0.05, 0.1) is 6.07 Å². The molecule has 1 aliphatic carbocycles. The van der Waals surface area contributed by atoms with Crippen molar-refractivity contribution in [2.45, 2.75) is 51.6 Å². The average Bonchev–Trinajstić information content (AvgIpc) is 2.28. The first kappa shape index (κ1) is 13.5. The molecule has 0 spiro atoms. The first-order valence-electron chi connectivity index (χ1n) is 6.50. The molecule has 3 heteroatoms. The van der Waals surface area contributed by atoms with Crippen molar-refractivity contribution in [3.63, 3.8) is 0 Å². The lowest BCUT2D eigenvalue weighted by Crippen LogP contribution is -2.44. The standard InChI is InChI=1S/C13H25N3/c1-4-15-12(9-14)10-16(3)13-7-5-6-11(2)8-13/h11-13,15H,4-8,10H2,1-3H3. The van der Waals surface area contributed by atoms with Crippen molar-refractivity contribution in [2.75, 3.05) is 20.1 Å². The molecule has 1 rings (SSSR count). The van der Waals surface area contributed by atoms with Gasteiger partial charge in [0.15, 0.2) is 0 Å². The van der Waals surface area contributed by atoms with Gasteiger partial charge in [-0.2, -0.15) is 5.26 Å². The van der Waals surface area contributed by atoms with Crippen LogP contribution < -0.4 is 5.32 Å². The highest BCUT2D eigenvalue weighted by atomic mass is 15.2. The van der Waals surface area contributed by atoms with Gasteiger partial charge in [0, 0.05) is 12.6 Å². The summed E-state index contributed by atoms with van der Waals surface area (Å²) in [5.41, 5.74) is 0. The van der Waals surface area contributed by atoms with Crippen LogP contribution in [-0.2, 0) is 0 Å². The molecule has 16 heavy (non-hydrogen) atoms. The summed E-state index contributed by atoms with van der Waals surface area (Å²) in [5, 5.41) is 12.2. The minimum atomic E-state index is -0.0211. The summed E-state index contributed by atoms with van der Waals surface area (Å²) in [6, 6.07) is 2.99. The highest BCUT2D eigenvalue weighted by Gasteiger charge is 2.23. The lowest BCUT2D eigenvalue weighted by atomic mass is 9.86. The van der Waals surface area contributed by atoms with E-state index in [0.717, 1.165) is 19.0 Å². The van der Waals surface area contributed by atoms with Crippen molar-refractivity contribution < 1.29 is 0 Å². The van der Waals surface area contributed by atoms with Crippen molar-refractivity contribution in [1.29, 1.82) is 5.26 Å². The van der Waals surface area contributed by atoms with E-state index in [4.69, 9.17) is 5.26 Å². The molecule has 0 radical (unpaired) electrons. The Morgan fingerprint density at radius 3 is 2.81 bits per heavy atom. The summed E-state index contributed by atoms with van der Waals surface area (Å²) in [7, 11) is 2.16. The van der Waals surface area contributed by atoms with Gasteiger partial charge in [0.1, 0.15) is 6.04 Å². The van der Waals surface area contributed by atoms with Crippen LogP contribution in [-0.4, -0.2) is 37.1 Å². The van der Waals surface area contributed by atoms with E-state index in [-0.39, 0.29) is 6.04 Å². The molecule has 0 aromatic rings. The molecule has 3 unspecified atom stereocenters. The minimum absolute atomic E-state index is 0.0211. The predicted molar refractivity (Wildman–Crippen MR) is 67.1 cm³/mol. The number of hydrogen-bond donors (Lipinski definition) is 1. The van der Waals surface area contributed by atoms with Gasteiger partial charge in [0.2, 0.25) is 0 Å². The third-order valence-corrected chi connectivity index (χ3v) is 3.61. The van der Waals surface area contributed by atoms with Gasteiger partial charge < -0.3 is 10.2 Å². The fourth-order valence-corrected chi connectivity index (χ4v) is 2.64. The van der Waals surface area contributed by atoms with Crippen molar-refractivity contribution in [2.24, 2.45) is 5.92 Å². The molecule has 0 amide bonds. The number of rotatable bonds is 5. The molecule has 1 saturated carbocycles. The molecule has 1 N–H and O–H groups in total. The quantitative estimate of drug-likeness (QED) is 0.775. The van der Waals surface area contributed by atoms with Crippen LogP contribution in [0.1, 0.15) is 39.5 Å². The first-order valence-corrected chi connectivity index (χ1v) is 6.50. The third kappa shape index (κ3) is 4.11. The van der Waals surface area contributed by atoms with Crippen molar-refractivity contribution in [1.82, 2.24) is 10.2 Å². The van der Waals surface area contributed by atoms with Crippen molar-refractivity contribution >= 4 is 0 Å². The normalized spacial score (nSPS) is 27.7. The molecule has 92 valence electrons. The molecule has 0 aromatic carbocycles. The summed E-state index contributed by atoms with van der Waals surface area (Å²) in [6.45, 7) is 6.11. The van der Waals surface area contributed by atoms with E-state index in [9.17, 15) is 0 Å². The molecule has 0 heterocycles. The Bertz CT molecular complexity index is 234. The molecule has 1 fully saturated rings. The van der Waals surface area contributed by atoms with E-state index in [1.807, 2.05) is 6.92 Å². The maximum atomic E-state index is 9.02. The SMILES string of the molecule is CCNC(C#N)CN(C)C1CCCC(C)C1. The average molecular weight is 223 g/mol. The lowest BCUT2D eigenvalue weighted by molar-refractivity contribution is 0.158. The van der Waals surface area contributed by atoms with E-state index in [0.29, 0.717) is 6.04 Å². The first-order chi connectivity index (χ1) is 7.67. The van der Waals surface area contributed by atoms with Gasteiger partial charge in [-0.25, -0.2) is 0 Å². The van der Waals surface area contributed by atoms with Gasteiger partial charge >= 0.3 is 0 Å². The van der Waals surface area contributed by atoms with Crippen LogP contribution in [0.4, 0.5) is 0 Å². The van der Waals surface area contributed by atoms with Crippen LogP contribution in [0.2, 0.25) is 0 Å². The zero-order chi connectivity index (χ0) is 12.0. The van der Waals surface area contributed by atoms with Gasteiger partial charge in [-0.15, -0.1) is 0 Å². The van der Waals surface area contributed by atoms with Gasteiger partial charge in [0.25, 0.3) is 0 Å². The van der Waals surface area contributed by atoms with Crippen LogP contribution in [0.3, 0.4) is 0 Å². The fourth-order valence-electron chi connectivity index (χ4n) is 2.64. The smallest absolute Gasteiger partial charge is 0.108 e. The second kappa shape index (κ2) is 6.88. The zero-order valence-corrected chi connectivity index (χ0v) is 10.9. The highest BCUT2D eigenvalue weighted by molar-refractivity contribution is 4.92. The summed E-state index contributed by atoms with van der Waals surface area (Å²) in [4.78, 5) is 2.37. The Hall–Kier alpha value is -0.590. The largest absolute Gasteiger partial charge is 0.301 e. The summed E-state index contributed by atoms with van der Waals surface area (Å²) >= 11 is 0. The molecular weight excluding hydrogens is 198 g/mol. The van der Waals surface area contributed by atoms with Gasteiger partial charge in [-0.3, -0.25) is 0 Å². The number of nitrogens with one attached hydrogen (secondary N) is 1. The molecule has 3 nitrogen and oxygen atoms in total. The van der Waals surface area contributed by atoms with E-state index in [2.05, 4.69) is 30.3 Å². The molecule has 0 saturated heterocycles. The van der Waals surface area contributed by atoms with Gasteiger partial charge in [-0.1, -0.05) is 26.7 Å². The van der Waals surface area contributed by atoms with E-state index >= 15 is 0 Å². The maximum absolute atomic E-state index is 9.02. The fraction of sp³-hybridized carbons (Fsp3) is 0.923. The van der Waals surface area contributed by atoms with Crippen LogP contribution in [0.25, 0.3) is 0 Å². The predicted octanol–water partition coefficient (Wildman–Crippen LogP) is 2.00. The summed E-state index contributed by atoms with van der Waals surface area (Å²) in [5.74, 6) is 0.848. The van der Waals surface area contributed by atoms with Crippen LogP contribution in [0, 0.1) is 17.2 Å². The van der Waals surface area contributed by atoms with Gasteiger partial charge in [-0.05, 0) is 32.4 Å². The number of likely N-dealkylation sites (N-methyl/N-ethyl adjacent to an activating group) is 2. The van der Waals surface area contributed by atoms with Crippen LogP contribution in [0.5, 0.6) is 0 Å². The maximum Gasteiger partial charge on any atom is 0.108 e. The Morgan fingerprint density at radius 1 is 1.50 bits per heavy atom. The third-order valence-electron chi connectivity index (χ3n) is 3.61. The number of nitriles is 1. The topological polar surface area (TPSA) is 39.1 Å². The highest BCUT2D eigenvalue weighted by Crippen LogP contribution is 2.26. The monoisotopic (exact) mass is 223 g/mol. The van der Waals surface area contributed by atoms with E-state index in [1.54, 1.807) is 0 Å². The molecule has 0 aliphatic heterocycles. The Morgan fingerprint density at radius 2 is 2.25 bits per heavy atom. The van der Waals surface area contributed by atoms with Crippen LogP contribution in [0.15, 0.2) is 0 Å². The summed E-state index contributed by atoms with van der Waals surface area (Å²) in [6.07, 6.45) is 5.31. The molecule has 0 bridgehead atoms. The van der Waals surface area contributed by atoms with Crippen molar-refractivity contribution in [3.8, 4) is 6.07 Å². The molecule has 0 aromatic heterocycles. The Kier molecular flexibility index (Phi) is 5.79. The number of hydrogen-bond acceptors (Lipinski definition) is 3. The Labute approximate surface area is 99.8 Å². The molecule has 1 aliphatic rings. The second-order valence-electron chi connectivity index (χ2n) is 5.10. The molecular formula is C13H25N3. The number of nitrogens with zero attached hydrogens (tertiary/aromatic N) is 2. The van der Waals surface area contributed by atoms with Crippen molar-refractivity contribution in [3.05, 3.63) is 0 Å². The lowest BCUT2D eigenvalue weighted by Gasteiger charge is -2.35. The van der Waals surface area contributed by atoms with Crippen LogP contribution >= 0.6 is 0 Å². The zero-order valence-electron chi connectivity index (χ0n) is 10.9. The second-order valence-corrected chi connectivity index (χ2v) is 5.10. The Balaban J connectivity index is 2.38. The van der Waals surface area contributed by atoms with E-state index in [1.165, 1.54) is 25.7 Å². The minimum Gasteiger partial charge on any atom is -0.301 e. The summed E-state index contributed by atoms with van der Waals surface area (Å²) < 4.78 is 0. The van der Waals surface area contributed by atoms with E-state index < -0.39 is 0 Å². The molecule has 3 atom stereocenters.